The molecule has 30 heavy (non-hydrogen) atoms. The predicted octanol–water partition coefficient (Wildman–Crippen LogP) is 2.15. The van der Waals surface area contributed by atoms with E-state index >= 15 is 0 Å². The molecular formula is C21H37IN4O4. The zero-order chi connectivity index (χ0) is 21.1. The van der Waals surface area contributed by atoms with Crippen LogP contribution >= 0.6 is 24.0 Å². The molecule has 0 radical (unpaired) electrons. The van der Waals surface area contributed by atoms with E-state index in [9.17, 15) is 0 Å². The number of benzene rings is 1. The van der Waals surface area contributed by atoms with Crippen LogP contribution in [0.25, 0.3) is 0 Å². The Labute approximate surface area is 197 Å². The quantitative estimate of drug-likeness (QED) is 0.270. The van der Waals surface area contributed by atoms with Gasteiger partial charge in [-0.3, -0.25) is 4.99 Å². The monoisotopic (exact) mass is 536 g/mol. The zero-order valence-electron chi connectivity index (χ0n) is 18.8. The second-order valence-corrected chi connectivity index (χ2v) is 7.01. The van der Waals surface area contributed by atoms with E-state index in [2.05, 4.69) is 20.5 Å². The van der Waals surface area contributed by atoms with E-state index in [0.717, 1.165) is 68.5 Å². The van der Waals surface area contributed by atoms with Gasteiger partial charge in [-0.15, -0.1) is 24.0 Å². The fourth-order valence-electron chi connectivity index (χ4n) is 3.54. The Balaban J connectivity index is 0.00000450. The first-order chi connectivity index (χ1) is 14.1. The van der Waals surface area contributed by atoms with Crippen molar-refractivity contribution in [3.05, 3.63) is 17.7 Å². The van der Waals surface area contributed by atoms with E-state index in [1.54, 1.807) is 35.5 Å². The molecule has 172 valence electrons. The van der Waals surface area contributed by atoms with E-state index in [1.807, 2.05) is 12.1 Å². The van der Waals surface area contributed by atoms with Crippen molar-refractivity contribution < 1.29 is 18.9 Å². The van der Waals surface area contributed by atoms with Gasteiger partial charge in [0.25, 0.3) is 0 Å². The van der Waals surface area contributed by atoms with Crippen LogP contribution < -0.4 is 24.8 Å². The third kappa shape index (κ3) is 7.99. The number of hydrogen-bond acceptors (Lipinski definition) is 6. The topological polar surface area (TPSA) is 76.6 Å². The van der Waals surface area contributed by atoms with Crippen LogP contribution in [-0.4, -0.2) is 85.2 Å². The molecule has 1 aliphatic rings. The van der Waals surface area contributed by atoms with E-state index in [0.29, 0.717) is 18.3 Å². The summed E-state index contributed by atoms with van der Waals surface area (Å²) in [5.41, 5.74) is 1.00. The Bertz CT molecular complexity index is 627. The summed E-state index contributed by atoms with van der Waals surface area (Å²) in [7, 11) is 8.50. The van der Waals surface area contributed by atoms with Gasteiger partial charge in [0.2, 0.25) is 0 Å². The molecule has 0 spiro atoms. The molecule has 2 rings (SSSR count). The number of piperidine rings is 1. The summed E-state index contributed by atoms with van der Waals surface area (Å²) in [4.78, 5) is 6.82. The maximum atomic E-state index is 5.53. The lowest BCUT2D eigenvalue weighted by Gasteiger charge is -2.32. The van der Waals surface area contributed by atoms with Gasteiger partial charge >= 0.3 is 0 Å². The first kappa shape index (κ1) is 26.6. The van der Waals surface area contributed by atoms with Crippen LogP contribution in [0.4, 0.5) is 0 Å². The molecule has 0 saturated carbocycles. The smallest absolute Gasteiger partial charge is 0.191 e. The number of halogens is 1. The van der Waals surface area contributed by atoms with Gasteiger partial charge in [-0.25, -0.2) is 0 Å². The van der Waals surface area contributed by atoms with Crippen molar-refractivity contribution in [3.63, 3.8) is 0 Å². The van der Waals surface area contributed by atoms with Crippen molar-refractivity contribution in [3.8, 4) is 17.2 Å². The average Bonchev–Trinajstić information content (AvgIpc) is 2.77. The number of hydrogen-bond donors (Lipinski definition) is 2. The van der Waals surface area contributed by atoms with Gasteiger partial charge in [-0.2, -0.15) is 0 Å². The molecule has 1 saturated heterocycles. The second kappa shape index (κ2) is 14.5. The molecule has 8 nitrogen and oxygen atoms in total. The Hall–Kier alpha value is -1.46. The van der Waals surface area contributed by atoms with E-state index < -0.39 is 0 Å². The lowest BCUT2D eigenvalue weighted by atomic mass is 10.1. The first-order valence-corrected chi connectivity index (χ1v) is 10.1. The zero-order valence-corrected chi connectivity index (χ0v) is 21.2. The number of ether oxygens (including phenoxy) is 4. The van der Waals surface area contributed by atoms with Crippen LogP contribution in [0.3, 0.4) is 0 Å². The van der Waals surface area contributed by atoms with Crippen LogP contribution in [0.2, 0.25) is 0 Å². The van der Waals surface area contributed by atoms with Gasteiger partial charge in [0.15, 0.2) is 5.96 Å². The molecule has 1 aliphatic heterocycles. The number of nitrogens with zero attached hydrogens (tertiary/aromatic N) is 2. The van der Waals surface area contributed by atoms with Crippen molar-refractivity contribution in [2.75, 3.05) is 68.3 Å². The lowest BCUT2D eigenvalue weighted by molar-refractivity contribution is 0.128. The van der Waals surface area contributed by atoms with Crippen LogP contribution in [0.1, 0.15) is 18.4 Å². The molecule has 1 fully saturated rings. The number of nitrogens with one attached hydrogen (secondary N) is 2. The maximum Gasteiger partial charge on any atom is 0.191 e. The fraction of sp³-hybridized carbons (Fsp3) is 0.667. The summed E-state index contributed by atoms with van der Waals surface area (Å²) < 4.78 is 21.5. The number of guanidine groups is 1. The van der Waals surface area contributed by atoms with Gasteiger partial charge in [0.1, 0.15) is 17.2 Å². The van der Waals surface area contributed by atoms with Gasteiger partial charge < -0.3 is 34.5 Å². The second-order valence-electron chi connectivity index (χ2n) is 7.01. The molecule has 2 N–H and O–H groups in total. The van der Waals surface area contributed by atoms with Gasteiger partial charge in [0, 0.05) is 64.1 Å². The number of likely N-dealkylation sites (tertiary alicyclic amines) is 1. The highest BCUT2D eigenvalue weighted by molar-refractivity contribution is 14.0. The van der Waals surface area contributed by atoms with Gasteiger partial charge in [-0.05, 0) is 19.3 Å². The lowest BCUT2D eigenvalue weighted by Crippen LogP contribution is -2.49. The van der Waals surface area contributed by atoms with E-state index in [4.69, 9.17) is 18.9 Å². The summed E-state index contributed by atoms with van der Waals surface area (Å²) in [5, 5.41) is 6.95. The molecule has 1 heterocycles. The SMILES string of the molecule is CN=C(NCCc1c(OC)cc(OC)cc1OC)NC1CCN(CCOC)CC1.I. The van der Waals surface area contributed by atoms with Crippen LogP contribution in [0.15, 0.2) is 17.1 Å². The Morgan fingerprint density at radius 3 is 2.20 bits per heavy atom. The molecule has 0 amide bonds. The maximum absolute atomic E-state index is 5.53. The number of methoxy groups -OCH3 is 4. The first-order valence-electron chi connectivity index (χ1n) is 10.1. The van der Waals surface area contributed by atoms with Crippen molar-refractivity contribution in [2.45, 2.75) is 25.3 Å². The normalized spacial score (nSPS) is 15.3. The molecule has 0 bridgehead atoms. The standard InChI is InChI=1S/C21H36N4O4.HI/c1-22-21(24-16-7-10-25(11-8-16)12-13-26-2)23-9-6-18-19(28-4)14-17(27-3)15-20(18)29-5;/h14-16H,6-13H2,1-5H3,(H2,22,23,24);1H. The van der Waals surface area contributed by atoms with Crippen LogP contribution in [0.5, 0.6) is 17.2 Å². The molecule has 0 unspecified atom stereocenters. The minimum atomic E-state index is 0. The predicted molar refractivity (Wildman–Crippen MR) is 131 cm³/mol. The van der Waals surface area contributed by atoms with Gasteiger partial charge in [-0.1, -0.05) is 0 Å². The molecule has 9 heteroatoms. The van der Waals surface area contributed by atoms with Crippen molar-refractivity contribution in [1.82, 2.24) is 15.5 Å². The largest absolute Gasteiger partial charge is 0.496 e. The highest BCUT2D eigenvalue weighted by atomic mass is 127. The Morgan fingerprint density at radius 1 is 1.07 bits per heavy atom. The van der Waals surface area contributed by atoms with Crippen molar-refractivity contribution in [1.29, 1.82) is 0 Å². The number of aliphatic imine (C=N–C) groups is 1. The summed E-state index contributed by atoms with van der Waals surface area (Å²) >= 11 is 0. The summed E-state index contributed by atoms with van der Waals surface area (Å²) in [6.45, 7) is 4.67. The molecule has 0 atom stereocenters. The van der Waals surface area contributed by atoms with Crippen LogP contribution in [0, 0.1) is 0 Å². The minimum Gasteiger partial charge on any atom is -0.496 e. The summed E-state index contributed by atoms with van der Waals surface area (Å²) in [5.74, 6) is 3.06. The fourth-order valence-corrected chi connectivity index (χ4v) is 3.54. The van der Waals surface area contributed by atoms with Crippen molar-refractivity contribution >= 4 is 29.9 Å². The molecular weight excluding hydrogens is 499 g/mol. The van der Waals surface area contributed by atoms with E-state index in [1.165, 1.54) is 0 Å². The van der Waals surface area contributed by atoms with E-state index in [-0.39, 0.29) is 24.0 Å². The average molecular weight is 536 g/mol. The molecule has 1 aromatic rings. The minimum absolute atomic E-state index is 0. The molecule has 1 aromatic carbocycles. The third-order valence-electron chi connectivity index (χ3n) is 5.25. The van der Waals surface area contributed by atoms with Crippen molar-refractivity contribution in [2.24, 2.45) is 4.99 Å². The molecule has 0 aromatic heterocycles. The third-order valence-corrected chi connectivity index (χ3v) is 5.25. The Morgan fingerprint density at radius 2 is 1.70 bits per heavy atom. The van der Waals surface area contributed by atoms with Gasteiger partial charge in [0.05, 0.1) is 27.9 Å². The summed E-state index contributed by atoms with van der Waals surface area (Å²) in [6.07, 6.45) is 2.95. The highest BCUT2D eigenvalue weighted by Crippen LogP contribution is 2.34. The Kier molecular flexibility index (Phi) is 12.9. The van der Waals surface area contributed by atoms with Crippen LogP contribution in [-0.2, 0) is 11.2 Å². The molecule has 0 aliphatic carbocycles. The highest BCUT2D eigenvalue weighted by Gasteiger charge is 2.20. The summed E-state index contributed by atoms with van der Waals surface area (Å²) in [6, 6.07) is 4.19. The number of rotatable bonds is 10.